The van der Waals surface area contributed by atoms with Gasteiger partial charge in [0, 0.05) is 20.1 Å². The normalized spacial score (nSPS) is 12.1. The molecule has 5 heteroatoms. The Bertz CT molecular complexity index is 227. The molecule has 0 aliphatic carbocycles. The fourth-order valence-electron chi connectivity index (χ4n) is 1.26. The Morgan fingerprint density at radius 3 is 2.07 bits per heavy atom. The van der Waals surface area contributed by atoms with Gasteiger partial charge >= 0.3 is 0 Å². The lowest BCUT2D eigenvalue weighted by Gasteiger charge is -2.23. The van der Waals surface area contributed by atoms with E-state index in [0.29, 0.717) is 13.1 Å². The molecule has 0 aliphatic rings. The molecule has 0 aromatic carbocycles. The van der Waals surface area contributed by atoms with Crippen LogP contribution in [0.4, 0.5) is 0 Å². The summed E-state index contributed by atoms with van der Waals surface area (Å²) in [4.78, 5) is 26.1. The highest BCUT2D eigenvalue weighted by atomic mass is 35.5. The molecular formula is C10H19ClN2O2. The van der Waals surface area contributed by atoms with Crippen LogP contribution in [0.3, 0.4) is 0 Å². The van der Waals surface area contributed by atoms with E-state index in [1.54, 1.807) is 18.9 Å². The molecule has 88 valence electrons. The van der Waals surface area contributed by atoms with Crippen LogP contribution in [0.5, 0.6) is 0 Å². The number of carbonyl (C=O) groups excluding carboxylic acids is 2. The summed E-state index contributed by atoms with van der Waals surface area (Å²) < 4.78 is 0. The number of hydrogen-bond donors (Lipinski definition) is 0. The van der Waals surface area contributed by atoms with Crippen LogP contribution in [0.25, 0.3) is 0 Å². The summed E-state index contributed by atoms with van der Waals surface area (Å²) in [5.74, 6) is -0.273. The van der Waals surface area contributed by atoms with Gasteiger partial charge in [-0.1, -0.05) is 0 Å². The first kappa shape index (κ1) is 14.2. The van der Waals surface area contributed by atoms with E-state index in [4.69, 9.17) is 11.6 Å². The zero-order valence-corrected chi connectivity index (χ0v) is 10.5. The second kappa shape index (κ2) is 6.67. The highest BCUT2D eigenvalue weighted by Crippen LogP contribution is 2.00. The second-order valence-electron chi connectivity index (χ2n) is 3.38. The quantitative estimate of drug-likeness (QED) is 0.665. The van der Waals surface area contributed by atoms with E-state index in [2.05, 4.69) is 0 Å². The van der Waals surface area contributed by atoms with Crippen LogP contribution in [0.15, 0.2) is 0 Å². The van der Waals surface area contributed by atoms with Crippen LogP contribution in [0.1, 0.15) is 20.8 Å². The molecular weight excluding hydrogens is 216 g/mol. The van der Waals surface area contributed by atoms with Crippen molar-refractivity contribution >= 4 is 23.4 Å². The molecule has 2 amide bonds. The van der Waals surface area contributed by atoms with Crippen molar-refractivity contribution in [3.8, 4) is 0 Å². The van der Waals surface area contributed by atoms with Gasteiger partial charge in [0.1, 0.15) is 5.38 Å². The molecule has 0 fully saturated rings. The molecule has 0 spiro atoms. The van der Waals surface area contributed by atoms with Crippen molar-refractivity contribution in [1.29, 1.82) is 0 Å². The molecule has 0 saturated carbocycles. The molecule has 0 N–H and O–H groups in total. The minimum Gasteiger partial charge on any atom is -0.342 e. The van der Waals surface area contributed by atoms with Gasteiger partial charge in [-0.05, 0) is 20.8 Å². The molecule has 0 bridgehead atoms. The van der Waals surface area contributed by atoms with E-state index < -0.39 is 5.38 Å². The number of likely N-dealkylation sites (N-methyl/N-ethyl adjacent to an activating group) is 2. The number of rotatable bonds is 5. The molecule has 0 radical (unpaired) electrons. The van der Waals surface area contributed by atoms with Crippen molar-refractivity contribution in [3.05, 3.63) is 0 Å². The molecule has 0 aromatic rings. The van der Waals surface area contributed by atoms with Crippen molar-refractivity contribution in [3.63, 3.8) is 0 Å². The molecule has 0 heterocycles. The van der Waals surface area contributed by atoms with Crippen LogP contribution in [0, 0.1) is 0 Å². The maximum atomic E-state index is 11.6. The third-order valence-corrected chi connectivity index (χ3v) is 2.39. The number of alkyl halides is 1. The van der Waals surface area contributed by atoms with Gasteiger partial charge in [-0.3, -0.25) is 9.59 Å². The first-order valence-corrected chi connectivity index (χ1v) is 5.54. The lowest BCUT2D eigenvalue weighted by atomic mass is 10.3. The Morgan fingerprint density at radius 1 is 1.27 bits per heavy atom. The summed E-state index contributed by atoms with van der Waals surface area (Å²) in [5, 5.41) is -0.584. The summed E-state index contributed by atoms with van der Waals surface area (Å²) in [5.41, 5.74) is 0. The van der Waals surface area contributed by atoms with Crippen LogP contribution in [0.2, 0.25) is 0 Å². The van der Waals surface area contributed by atoms with E-state index in [1.807, 2.05) is 13.8 Å². The second-order valence-corrected chi connectivity index (χ2v) is 4.03. The lowest BCUT2D eigenvalue weighted by Crippen LogP contribution is -2.42. The number of hydrogen-bond acceptors (Lipinski definition) is 2. The molecule has 0 rings (SSSR count). The SMILES string of the molecule is CCN(CC)C(=O)CN(C)C(=O)C(C)Cl. The van der Waals surface area contributed by atoms with Crippen LogP contribution < -0.4 is 0 Å². The first-order valence-electron chi connectivity index (χ1n) is 5.10. The largest absolute Gasteiger partial charge is 0.342 e. The third-order valence-electron chi connectivity index (χ3n) is 2.21. The first-order chi connectivity index (χ1) is 6.93. The highest BCUT2D eigenvalue weighted by Gasteiger charge is 2.19. The summed E-state index contributed by atoms with van der Waals surface area (Å²) in [6, 6.07) is 0. The smallest absolute Gasteiger partial charge is 0.242 e. The molecule has 0 aliphatic heterocycles. The van der Waals surface area contributed by atoms with Crippen molar-refractivity contribution < 1.29 is 9.59 Å². The van der Waals surface area contributed by atoms with E-state index in [-0.39, 0.29) is 18.4 Å². The van der Waals surface area contributed by atoms with Crippen molar-refractivity contribution in [1.82, 2.24) is 9.80 Å². The minimum absolute atomic E-state index is 0.0480. The highest BCUT2D eigenvalue weighted by molar-refractivity contribution is 6.30. The Labute approximate surface area is 96.2 Å². The molecule has 0 saturated heterocycles. The van der Waals surface area contributed by atoms with Gasteiger partial charge in [0.05, 0.1) is 6.54 Å². The van der Waals surface area contributed by atoms with Crippen molar-refractivity contribution in [2.75, 3.05) is 26.7 Å². The maximum Gasteiger partial charge on any atom is 0.242 e. The molecule has 0 aromatic heterocycles. The molecule has 15 heavy (non-hydrogen) atoms. The van der Waals surface area contributed by atoms with Gasteiger partial charge in [-0.25, -0.2) is 0 Å². The van der Waals surface area contributed by atoms with E-state index in [0.717, 1.165) is 0 Å². The fraction of sp³-hybridized carbons (Fsp3) is 0.800. The predicted molar refractivity (Wildman–Crippen MR) is 60.9 cm³/mol. The van der Waals surface area contributed by atoms with Gasteiger partial charge < -0.3 is 9.80 Å². The average molecular weight is 235 g/mol. The number of carbonyl (C=O) groups is 2. The summed E-state index contributed by atoms with van der Waals surface area (Å²) in [6.45, 7) is 6.84. The zero-order chi connectivity index (χ0) is 12.0. The summed E-state index contributed by atoms with van der Waals surface area (Å²) in [7, 11) is 1.59. The lowest BCUT2D eigenvalue weighted by molar-refractivity contribution is -0.138. The van der Waals surface area contributed by atoms with Crippen LogP contribution in [-0.4, -0.2) is 53.7 Å². The fourth-order valence-corrected chi connectivity index (χ4v) is 1.43. The van der Waals surface area contributed by atoms with Gasteiger partial charge in [0.2, 0.25) is 11.8 Å². The number of amides is 2. The maximum absolute atomic E-state index is 11.6. The van der Waals surface area contributed by atoms with E-state index in [9.17, 15) is 9.59 Å². The predicted octanol–water partition coefficient (Wildman–Crippen LogP) is 0.941. The standard InChI is InChI=1S/C10H19ClN2O2/c1-5-13(6-2)9(14)7-12(4)10(15)8(3)11/h8H,5-7H2,1-4H3. The van der Waals surface area contributed by atoms with E-state index >= 15 is 0 Å². The topological polar surface area (TPSA) is 40.6 Å². The van der Waals surface area contributed by atoms with Crippen molar-refractivity contribution in [2.24, 2.45) is 0 Å². The Balaban J connectivity index is 4.23. The van der Waals surface area contributed by atoms with Gasteiger partial charge in [0.15, 0.2) is 0 Å². The Hall–Kier alpha value is -0.770. The third kappa shape index (κ3) is 4.51. The zero-order valence-electron chi connectivity index (χ0n) is 9.79. The average Bonchev–Trinajstić information content (AvgIpc) is 2.18. The molecule has 1 atom stereocenters. The summed E-state index contributed by atoms with van der Waals surface area (Å²) >= 11 is 5.64. The number of halogens is 1. The van der Waals surface area contributed by atoms with Crippen LogP contribution in [-0.2, 0) is 9.59 Å². The van der Waals surface area contributed by atoms with Crippen molar-refractivity contribution in [2.45, 2.75) is 26.1 Å². The Morgan fingerprint density at radius 2 is 1.73 bits per heavy atom. The van der Waals surface area contributed by atoms with Gasteiger partial charge in [-0.2, -0.15) is 0 Å². The monoisotopic (exact) mass is 234 g/mol. The number of nitrogens with zero attached hydrogens (tertiary/aromatic N) is 2. The molecule has 4 nitrogen and oxygen atoms in total. The van der Waals surface area contributed by atoms with Crippen LogP contribution >= 0.6 is 11.6 Å². The Kier molecular flexibility index (Phi) is 6.32. The summed E-state index contributed by atoms with van der Waals surface area (Å²) in [6.07, 6.45) is 0. The van der Waals surface area contributed by atoms with Gasteiger partial charge in [0.25, 0.3) is 0 Å². The minimum atomic E-state index is -0.584. The molecule has 1 unspecified atom stereocenters. The van der Waals surface area contributed by atoms with E-state index in [1.165, 1.54) is 4.90 Å². The van der Waals surface area contributed by atoms with Gasteiger partial charge in [-0.15, -0.1) is 11.6 Å².